The zero-order valence-electron chi connectivity index (χ0n) is 14.5. The van der Waals surface area contributed by atoms with Gasteiger partial charge in [-0.15, -0.1) is 0 Å². The minimum absolute atomic E-state index is 0.268. The van der Waals surface area contributed by atoms with Gasteiger partial charge in [0, 0.05) is 9.49 Å². The second-order valence-electron chi connectivity index (χ2n) is 6.09. The van der Waals surface area contributed by atoms with E-state index in [1.165, 1.54) is 12.2 Å². The number of hydrogen-bond acceptors (Lipinski definition) is 2. The lowest BCUT2D eigenvalue weighted by atomic mass is 9.93. The van der Waals surface area contributed by atoms with Crippen LogP contribution in [0.5, 0.6) is 0 Å². The largest absolute Gasteiger partial charge is 0.207 e. The van der Waals surface area contributed by atoms with Crippen molar-refractivity contribution in [2.75, 3.05) is 0 Å². The average molecular weight is 351 g/mol. The van der Waals surface area contributed by atoms with Crippen LogP contribution >= 0.6 is 25.3 Å². The van der Waals surface area contributed by atoms with Gasteiger partial charge in [-0.05, 0) is 43.1 Å². The third kappa shape index (κ3) is 6.60. The second kappa shape index (κ2) is 8.25. The maximum absolute atomic E-state index is 13.7. The van der Waals surface area contributed by atoms with Gasteiger partial charge in [0.1, 0.15) is 5.83 Å². The predicted molar refractivity (Wildman–Crippen MR) is 108 cm³/mol. The van der Waals surface area contributed by atoms with Gasteiger partial charge >= 0.3 is 0 Å². The number of halogens is 1. The first-order valence-electron chi connectivity index (χ1n) is 8.02. The maximum Gasteiger partial charge on any atom is 0.120 e. The summed E-state index contributed by atoms with van der Waals surface area (Å²) in [7, 11) is 0. The standard InChI is InChI=1S/C18H21FS2.C2H6/c1-13-4-5-14(10-17(2,20)9-8-13)15-6-7-16(19)12-18(3,21)11-15;1-2/h4-13,20-21H,1-3H3;1-2H3/b5-4-,9-8-,14-10+;/t13-,17?,18?;/m1./s1. The molecular weight excluding hydrogens is 323 g/mol. The highest BCUT2D eigenvalue weighted by Gasteiger charge is 2.20. The van der Waals surface area contributed by atoms with Crippen molar-refractivity contribution in [3.05, 3.63) is 71.7 Å². The molecule has 2 aliphatic carbocycles. The van der Waals surface area contributed by atoms with E-state index in [4.69, 9.17) is 0 Å². The molecule has 0 bridgehead atoms. The molecule has 0 aromatic rings. The van der Waals surface area contributed by atoms with Crippen molar-refractivity contribution in [1.29, 1.82) is 0 Å². The molecule has 0 aliphatic heterocycles. The van der Waals surface area contributed by atoms with Crippen LogP contribution in [0.1, 0.15) is 34.6 Å². The lowest BCUT2D eigenvalue weighted by molar-refractivity contribution is 0.658. The third-order valence-corrected chi connectivity index (χ3v) is 3.93. The van der Waals surface area contributed by atoms with Crippen molar-refractivity contribution >= 4 is 25.3 Å². The van der Waals surface area contributed by atoms with Crippen molar-refractivity contribution in [3.8, 4) is 0 Å². The number of thiol groups is 2. The summed E-state index contributed by atoms with van der Waals surface area (Å²) >= 11 is 9.20. The zero-order chi connectivity index (χ0) is 17.7. The summed E-state index contributed by atoms with van der Waals surface area (Å²) in [5.41, 5.74) is 1.98. The van der Waals surface area contributed by atoms with E-state index in [1.807, 2.05) is 33.8 Å². The molecule has 2 unspecified atom stereocenters. The molecule has 0 saturated carbocycles. The third-order valence-electron chi connectivity index (χ3n) is 3.40. The van der Waals surface area contributed by atoms with Gasteiger partial charge in [-0.3, -0.25) is 0 Å². The van der Waals surface area contributed by atoms with E-state index in [1.54, 1.807) is 6.08 Å². The normalized spacial score (nSPS) is 38.4. The monoisotopic (exact) mass is 350 g/mol. The van der Waals surface area contributed by atoms with Crippen LogP contribution in [-0.4, -0.2) is 9.49 Å². The summed E-state index contributed by atoms with van der Waals surface area (Å²) in [6, 6.07) is 0. The van der Waals surface area contributed by atoms with E-state index in [2.05, 4.69) is 62.6 Å². The molecule has 2 aliphatic rings. The average Bonchev–Trinajstić information content (AvgIpc) is 2.59. The predicted octanol–water partition coefficient (Wildman–Crippen LogP) is 6.43. The molecule has 0 heterocycles. The van der Waals surface area contributed by atoms with Crippen LogP contribution < -0.4 is 0 Å². The molecule has 126 valence electrons. The SMILES string of the molecule is CC.C[C@@H]1/C=C\C(C2=CC(C)(S)C=C(F)C=C2)=C/C(C)(S)/C=C\1. The van der Waals surface area contributed by atoms with Gasteiger partial charge < -0.3 is 0 Å². The molecular formula is C20H27FS2. The van der Waals surface area contributed by atoms with Gasteiger partial charge in [-0.25, -0.2) is 4.39 Å². The first-order chi connectivity index (χ1) is 10.7. The lowest BCUT2D eigenvalue weighted by Gasteiger charge is -2.21. The molecule has 0 saturated heterocycles. The molecule has 0 N–H and O–H groups in total. The Labute approximate surface area is 151 Å². The topological polar surface area (TPSA) is 0 Å². The Bertz CT molecular complexity index is 599. The highest BCUT2D eigenvalue weighted by molar-refractivity contribution is 7.82. The van der Waals surface area contributed by atoms with Crippen LogP contribution in [0.2, 0.25) is 0 Å². The zero-order valence-corrected chi connectivity index (χ0v) is 16.3. The van der Waals surface area contributed by atoms with Gasteiger partial charge in [-0.2, -0.15) is 25.3 Å². The number of allylic oxidation sites excluding steroid dienone is 8. The quantitative estimate of drug-likeness (QED) is 0.395. The molecule has 0 fully saturated rings. The molecule has 0 radical (unpaired) electrons. The fraction of sp³-hybridized carbons (Fsp3) is 0.400. The van der Waals surface area contributed by atoms with E-state index in [9.17, 15) is 4.39 Å². The summed E-state index contributed by atoms with van der Waals surface area (Å²) < 4.78 is 12.7. The van der Waals surface area contributed by atoms with Crippen molar-refractivity contribution in [2.24, 2.45) is 5.92 Å². The highest BCUT2D eigenvalue weighted by atomic mass is 32.1. The van der Waals surface area contributed by atoms with Crippen molar-refractivity contribution in [1.82, 2.24) is 0 Å². The fourth-order valence-corrected chi connectivity index (χ4v) is 2.83. The van der Waals surface area contributed by atoms with Crippen LogP contribution in [0.15, 0.2) is 71.7 Å². The summed E-state index contributed by atoms with van der Waals surface area (Å²) in [6.45, 7) is 10.0. The smallest absolute Gasteiger partial charge is 0.120 e. The molecule has 2 rings (SSSR count). The molecule has 0 aromatic heterocycles. The van der Waals surface area contributed by atoms with Gasteiger partial charge in [0.05, 0.1) is 0 Å². The molecule has 23 heavy (non-hydrogen) atoms. The minimum atomic E-state index is -0.617. The highest BCUT2D eigenvalue weighted by Crippen LogP contribution is 2.32. The maximum atomic E-state index is 13.7. The Kier molecular flexibility index (Phi) is 7.22. The van der Waals surface area contributed by atoms with Gasteiger partial charge in [0.25, 0.3) is 0 Å². The fourth-order valence-electron chi connectivity index (χ4n) is 2.34. The van der Waals surface area contributed by atoms with Gasteiger partial charge in [-0.1, -0.05) is 63.3 Å². The Balaban J connectivity index is 0.00000127. The van der Waals surface area contributed by atoms with Crippen molar-refractivity contribution in [3.63, 3.8) is 0 Å². The van der Waals surface area contributed by atoms with Gasteiger partial charge in [0.15, 0.2) is 0 Å². The van der Waals surface area contributed by atoms with E-state index < -0.39 is 4.75 Å². The van der Waals surface area contributed by atoms with Crippen molar-refractivity contribution in [2.45, 2.75) is 44.1 Å². The van der Waals surface area contributed by atoms with Crippen LogP contribution in [-0.2, 0) is 0 Å². The molecule has 3 heteroatoms. The Morgan fingerprint density at radius 2 is 1.43 bits per heavy atom. The number of hydrogen-bond donors (Lipinski definition) is 2. The van der Waals surface area contributed by atoms with Gasteiger partial charge in [0.2, 0.25) is 0 Å². The Morgan fingerprint density at radius 3 is 2.09 bits per heavy atom. The lowest BCUT2D eigenvalue weighted by Crippen LogP contribution is -2.13. The Hall–Kier alpha value is -0.930. The molecule has 3 atom stereocenters. The van der Waals surface area contributed by atoms with Crippen molar-refractivity contribution < 1.29 is 4.39 Å². The van der Waals surface area contributed by atoms with E-state index in [0.29, 0.717) is 5.92 Å². The molecule has 0 spiro atoms. The Morgan fingerprint density at radius 1 is 0.870 bits per heavy atom. The number of rotatable bonds is 1. The first kappa shape index (κ1) is 20.1. The van der Waals surface area contributed by atoms with E-state index in [0.717, 1.165) is 11.1 Å². The summed E-state index contributed by atoms with van der Waals surface area (Å²) in [5.74, 6) is 0.0730. The van der Waals surface area contributed by atoms with E-state index in [-0.39, 0.29) is 10.6 Å². The van der Waals surface area contributed by atoms with Crippen LogP contribution in [0.3, 0.4) is 0 Å². The summed E-state index contributed by atoms with van der Waals surface area (Å²) in [6.07, 6.45) is 17.3. The van der Waals surface area contributed by atoms with E-state index >= 15 is 0 Å². The summed E-state index contributed by atoms with van der Waals surface area (Å²) in [5, 5.41) is 0. The van der Waals surface area contributed by atoms with Crippen LogP contribution in [0.4, 0.5) is 4.39 Å². The molecule has 0 nitrogen and oxygen atoms in total. The van der Waals surface area contributed by atoms with Crippen LogP contribution in [0.25, 0.3) is 0 Å². The molecule has 0 amide bonds. The van der Waals surface area contributed by atoms with Crippen LogP contribution in [0, 0.1) is 5.92 Å². The molecule has 0 aromatic carbocycles. The minimum Gasteiger partial charge on any atom is -0.207 e. The first-order valence-corrected chi connectivity index (χ1v) is 8.91. The summed E-state index contributed by atoms with van der Waals surface area (Å²) in [4.78, 5) is 0. The second-order valence-corrected chi connectivity index (χ2v) is 8.02.